The number of carbonyl (C=O) groups is 3. The van der Waals surface area contributed by atoms with Crippen LogP contribution < -0.4 is 10.6 Å². The largest absolute Gasteiger partial charge is 0.349 e. The topological polar surface area (TPSA) is 96.3 Å². The molecule has 4 rings (SSSR count). The zero-order chi connectivity index (χ0) is 20.5. The predicted octanol–water partition coefficient (Wildman–Crippen LogP) is 2.24. The molecule has 8 nitrogen and oxygen atoms in total. The van der Waals surface area contributed by atoms with E-state index < -0.39 is 0 Å². The molecule has 3 heterocycles. The second kappa shape index (κ2) is 7.51. The smallest absolute Gasteiger partial charge is 0.268 e. The van der Waals surface area contributed by atoms with Crippen molar-refractivity contribution in [1.29, 1.82) is 0 Å². The van der Waals surface area contributed by atoms with Crippen molar-refractivity contribution in [2.75, 3.05) is 18.9 Å². The van der Waals surface area contributed by atoms with E-state index in [0.29, 0.717) is 41.7 Å². The van der Waals surface area contributed by atoms with Gasteiger partial charge in [0.25, 0.3) is 11.8 Å². The van der Waals surface area contributed by atoms with Crippen LogP contribution in [0.3, 0.4) is 0 Å². The number of amides is 3. The van der Waals surface area contributed by atoms with Crippen LogP contribution in [0.2, 0.25) is 0 Å². The van der Waals surface area contributed by atoms with Gasteiger partial charge in [-0.2, -0.15) is 0 Å². The van der Waals surface area contributed by atoms with Crippen molar-refractivity contribution in [3.8, 4) is 0 Å². The standard InChI is InChI=1S/C20H19N5O3S/c1-3-17(26)24(2)10-14-11-29-20(22-14)23-18(27)13-5-4-12-8-16-19(28)21-6-7-25(16)15(12)9-13/h3-5,8-9,11H,1,6-7,10H2,2H3,(H,21,28)(H,22,23,27). The Kier molecular flexibility index (Phi) is 4.89. The fourth-order valence-electron chi connectivity index (χ4n) is 3.28. The van der Waals surface area contributed by atoms with Gasteiger partial charge in [0.1, 0.15) is 5.69 Å². The maximum absolute atomic E-state index is 12.7. The Bertz CT molecular complexity index is 1150. The molecule has 3 aromatic rings. The Labute approximate surface area is 170 Å². The highest BCUT2D eigenvalue weighted by Gasteiger charge is 2.20. The Hall–Kier alpha value is -3.46. The summed E-state index contributed by atoms with van der Waals surface area (Å²) in [6.45, 7) is 5.03. The average Bonchev–Trinajstić information content (AvgIpc) is 3.31. The Morgan fingerprint density at radius 1 is 1.41 bits per heavy atom. The number of nitrogens with zero attached hydrogens (tertiary/aromatic N) is 3. The molecule has 0 aliphatic carbocycles. The number of rotatable bonds is 5. The van der Waals surface area contributed by atoms with Gasteiger partial charge >= 0.3 is 0 Å². The molecule has 3 amide bonds. The molecule has 1 aliphatic heterocycles. The molecule has 0 saturated carbocycles. The summed E-state index contributed by atoms with van der Waals surface area (Å²) in [5.41, 5.74) is 2.63. The van der Waals surface area contributed by atoms with Crippen LogP contribution in [0, 0.1) is 0 Å². The highest BCUT2D eigenvalue weighted by atomic mass is 32.1. The molecule has 2 N–H and O–H groups in total. The normalized spacial score (nSPS) is 12.9. The lowest BCUT2D eigenvalue weighted by molar-refractivity contribution is -0.125. The number of hydrogen-bond donors (Lipinski definition) is 2. The minimum Gasteiger partial charge on any atom is -0.349 e. The molecule has 9 heteroatoms. The van der Waals surface area contributed by atoms with Crippen molar-refractivity contribution in [1.82, 2.24) is 19.8 Å². The van der Waals surface area contributed by atoms with Crippen molar-refractivity contribution in [3.05, 3.63) is 59.3 Å². The summed E-state index contributed by atoms with van der Waals surface area (Å²) in [7, 11) is 1.66. The maximum Gasteiger partial charge on any atom is 0.268 e. The van der Waals surface area contributed by atoms with Crippen LogP contribution in [0.15, 0.2) is 42.3 Å². The molecule has 0 saturated heterocycles. The van der Waals surface area contributed by atoms with Gasteiger partial charge in [0.15, 0.2) is 5.13 Å². The zero-order valence-electron chi connectivity index (χ0n) is 15.8. The zero-order valence-corrected chi connectivity index (χ0v) is 16.6. The summed E-state index contributed by atoms with van der Waals surface area (Å²) in [6, 6.07) is 7.19. The number of nitrogens with one attached hydrogen (secondary N) is 2. The number of aromatic nitrogens is 2. The van der Waals surface area contributed by atoms with E-state index in [9.17, 15) is 14.4 Å². The third-order valence-electron chi connectivity index (χ3n) is 4.74. The summed E-state index contributed by atoms with van der Waals surface area (Å²) < 4.78 is 1.93. The van der Waals surface area contributed by atoms with Gasteiger partial charge in [0.05, 0.1) is 12.2 Å². The van der Waals surface area contributed by atoms with Gasteiger partial charge < -0.3 is 14.8 Å². The summed E-state index contributed by atoms with van der Waals surface area (Å²) >= 11 is 1.30. The minimum atomic E-state index is -0.279. The first kappa shape index (κ1) is 18.9. The van der Waals surface area contributed by atoms with Crippen LogP contribution >= 0.6 is 11.3 Å². The number of fused-ring (bicyclic) bond motifs is 3. The quantitative estimate of drug-likeness (QED) is 0.632. The Morgan fingerprint density at radius 3 is 3.03 bits per heavy atom. The van der Waals surface area contributed by atoms with Crippen LogP contribution in [-0.4, -0.2) is 45.8 Å². The lowest BCUT2D eigenvalue weighted by atomic mass is 10.1. The molecule has 2 aromatic heterocycles. The van der Waals surface area contributed by atoms with Crippen LogP contribution in [0.25, 0.3) is 10.9 Å². The monoisotopic (exact) mass is 409 g/mol. The number of anilines is 1. The molecular weight excluding hydrogens is 390 g/mol. The van der Waals surface area contributed by atoms with Gasteiger partial charge in [0.2, 0.25) is 5.91 Å². The number of thiazole rings is 1. The molecule has 1 aliphatic rings. The van der Waals surface area contributed by atoms with E-state index >= 15 is 0 Å². The molecule has 0 unspecified atom stereocenters. The van der Waals surface area contributed by atoms with Crippen LogP contribution in [0.4, 0.5) is 5.13 Å². The lowest BCUT2D eigenvalue weighted by Crippen LogP contribution is -2.34. The molecule has 0 fully saturated rings. The SMILES string of the molecule is C=CC(=O)N(C)Cc1csc(NC(=O)c2ccc3cc4n(c3c2)CCNC4=O)n1. The van der Waals surface area contributed by atoms with Gasteiger partial charge in [0, 0.05) is 42.0 Å². The first-order valence-corrected chi connectivity index (χ1v) is 9.89. The first-order valence-electron chi connectivity index (χ1n) is 9.01. The van der Waals surface area contributed by atoms with E-state index in [4.69, 9.17) is 0 Å². The highest BCUT2D eigenvalue weighted by molar-refractivity contribution is 7.14. The van der Waals surface area contributed by atoms with E-state index in [-0.39, 0.29) is 17.7 Å². The van der Waals surface area contributed by atoms with Gasteiger partial charge in [-0.3, -0.25) is 19.7 Å². The van der Waals surface area contributed by atoms with Crippen molar-refractivity contribution in [3.63, 3.8) is 0 Å². The number of carbonyl (C=O) groups excluding carboxylic acids is 3. The van der Waals surface area contributed by atoms with Crippen molar-refractivity contribution >= 4 is 45.1 Å². The maximum atomic E-state index is 12.7. The van der Waals surface area contributed by atoms with Crippen LogP contribution in [-0.2, 0) is 17.9 Å². The molecule has 0 radical (unpaired) electrons. The molecular formula is C20H19N5O3S. The molecule has 0 bridgehead atoms. The molecule has 1 aromatic carbocycles. The van der Waals surface area contributed by atoms with E-state index in [2.05, 4.69) is 22.2 Å². The summed E-state index contributed by atoms with van der Waals surface area (Å²) in [5.74, 6) is -0.575. The van der Waals surface area contributed by atoms with Crippen LogP contribution in [0.1, 0.15) is 26.5 Å². The summed E-state index contributed by atoms with van der Waals surface area (Å²) in [4.78, 5) is 42.1. The second-order valence-corrected chi connectivity index (χ2v) is 7.57. The predicted molar refractivity (Wildman–Crippen MR) is 111 cm³/mol. The number of benzene rings is 1. The third kappa shape index (κ3) is 3.64. The van der Waals surface area contributed by atoms with E-state index in [0.717, 1.165) is 10.9 Å². The van der Waals surface area contributed by atoms with Crippen molar-refractivity contribution < 1.29 is 14.4 Å². The fraction of sp³-hybridized carbons (Fsp3) is 0.200. The molecule has 148 valence electrons. The highest BCUT2D eigenvalue weighted by Crippen LogP contribution is 2.24. The van der Waals surface area contributed by atoms with Crippen molar-refractivity contribution in [2.24, 2.45) is 0 Å². The summed E-state index contributed by atoms with van der Waals surface area (Å²) in [5, 5.41) is 8.79. The second-order valence-electron chi connectivity index (χ2n) is 6.71. The third-order valence-corrected chi connectivity index (χ3v) is 5.55. The Balaban J connectivity index is 1.52. The lowest BCUT2D eigenvalue weighted by Gasteiger charge is -2.16. The van der Waals surface area contributed by atoms with E-state index in [1.165, 1.54) is 22.3 Å². The van der Waals surface area contributed by atoms with Gasteiger partial charge in [-0.25, -0.2) is 4.98 Å². The van der Waals surface area contributed by atoms with Crippen molar-refractivity contribution in [2.45, 2.75) is 13.1 Å². The van der Waals surface area contributed by atoms with Gasteiger partial charge in [-0.05, 0) is 24.3 Å². The molecule has 0 spiro atoms. The average molecular weight is 409 g/mol. The van der Waals surface area contributed by atoms with Gasteiger partial charge in [-0.15, -0.1) is 11.3 Å². The van der Waals surface area contributed by atoms with E-state index in [1.807, 2.05) is 16.7 Å². The number of hydrogen-bond acceptors (Lipinski definition) is 5. The van der Waals surface area contributed by atoms with Gasteiger partial charge in [-0.1, -0.05) is 12.6 Å². The van der Waals surface area contributed by atoms with Crippen LogP contribution in [0.5, 0.6) is 0 Å². The first-order chi connectivity index (χ1) is 14.0. The molecule has 29 heavy (non-hydrogen) atoms. The summed E-state index contributed by atoms with van der Waals surface area (Å²) in [6.07, 6.45) is 1.25. The number of likely N-dealkylation sites (N-methyl/N-ethyl adjacent to an activating group) is 1. The Morgan fingerprint density at radius 2 is 2.24 bits per heavy atom. The minimum absolute atomic E-state index is 0.103. The fourth-order valence-corrected chi connectivity index (χ4v) is 3.98. The molecule has 0 atom stereocenters. The van der Waals surface area contributed by atoms with E-state index in [1.54, 1.807) is 24.6 Å².